The first-order valence-electron chi connectivity index (χ1n) is 6.50. The predicted octanol–water partition coefficient (Wildman–Crippen LogP) is 4.97. The van der Waals surface area contributed by atoms with Crippen LogP contribution in [0.2, 0.25) is 0 Å². The summed E-state index contributed by atoms with van der Waals surface area (Å²) in [6.45, 7) is 6.81. The average Bonchev–Trinajstić information content (AvgIpc) is 2.72. The first-order chi connectivity index (χ1) is 8.44. The smallest absolute Gasteiger partial charge is 0.131 e. The van der Waals surface area contributed by atoms with Crippen LogP contribution in [0.1, 0.15) is 37.8 Å². The molecule has 98 valence electrons. The molecule has 0 radical (unpaired) electrons. The van der Waals surface area contributed by atoms with E-state index in [1.54, 1.807) is 0 Å². The number of aryl methyl sites for hydroxylation is 1. The molecule has 2 aliphatic rings. The minimum absolute atomic E-state index is 0.0669. The Morgan fingerprint density at radius 2 is 2.17 bits per heavy atom. The average molecular weight is 374 g/mol. The molecule has 1 fully saturated rings. The molecule has 1 heterocycles. The van der Waals surface area contributed by atoms with E-state index in [0.717, 1.165) is 11.1 Å². The fraction of sp³-hybridized carbons (Fsp3) is 0.600. The minimum atomic E-state index is -0.0669. The Balaban J connectivity index is 2.22. The third-order valence-corrected chi connectivity index (χ3v) is 6.84. The van der Waals surface area contributed by atoms with E-state index in [9.17, 15) is 0 Å². The lowest BCUT2D eigenvalue weighted by Crippen LogP contribution is -2.50. The van der Waals surface area contributed by atoms with Crippen molar-refractivity contribution in [1.82, 2.24) is 0 Å². The molecule has 1 nitrogen and oxygen atoms in total. The fourth-order valence-corrected chi connectivity index (χ4v) is 5.37. The van der Waals surface area contributed by atoms with E-state index in [2.05, 4.69) is 64.8 Å². The molecule has 18 heavy (non-hydrogen) atoms. The van der Waals surface area contributed by atoms with Gasteiger partial charge in [-0.25, -0.2) is 0 Å². The summed E-state index contributed by atoms with van der Waals surface area (Å²) in [5.41, 5.74) is 2.70. The van der Waals surface area contributed by atoms with Gasteiger partial charge in [-0.1, -0.05) is 45.7 Å². The van der Waals surface area contributed by atoms with E-state index in [1.807, 2.05) is 0 Å². The first kappa shape index (κ1) is 13.0. The molecule has 3 unspecified atom stereocenters. The van der Waals surface area contributed by atoms with Gasteiger partial charge in [0.2, 0.25) is 0 Å². The summed E-state index contributed by atoms with van der Waals surface area (Å²) in [4.78, 5) is 0. The van der Waals surface area contributed by atoms with Crippen LogP contribution in [0.4, 0.5) is 0 Å². The number of hydrogen-bond acceptors (Lipinski definition) is 1. The Kier molecular flexibility index (Phi) is 2.88. The van der Waals surface area contributed by atoms with E-state index in [0.29, 0.717) is 5.92 Å². The summed E-state index contributed by atoms with van der Waals surface area (Å²) in [6.07, 6.45) is 2.45. The second-order valence-corrected chi connectivity index (χ2v) is 7.41. The number of rotatable bonds is 1. The Labute approximate surface area is 126 Å². The lowest BCUT2D eigenvalue weighted by atomic mass is 9.71. The molecule has 0 aromatic heterocycles. The molecule has 0 N–H and O–H groups in total. The molecular formula is C15H18Br2O. The predicted molar refractivity (Wildman–Crippen MR) is 81.8 cm³/mol. The maximum Gasteiger partial charge on any atom is 0.131 e. The van der Waals surface area contributed by atoms with E-state index in [-0.39, 0.29) is 11.0 Å². The number of fused-ring (bicyclic) bond motifs is 3. The maximum atomic E-state index is 6.45. The Morgan fingerprint density at radius 1 is 1.44 bits per heavy atom. The number of hydrogen-bond donors (Lipinski definition) is 0. The van der Waals surface area contributed by atoms with Gasteiger partial charge in [0.15, 0.2) is 0 Å². The lowest BCUT2D eigenvalue weighted by Gasteiger charge is -2.38. The van der Waals surface area contributed by atoms with Crippen molar-refractivity contribution in [3.05, 3.63) is 27.7 Å². The van der Waals surface area contributed by atoms with E-state index in [4.69, 9.17) is 4.74 Å². The van der Waals surface area contributed by atoms with Gasteiger partial charge in [-0.05, 0) is 43.4 Å². The molecule has 0 bridgehead atoms. The first-order valence-corrected chi connectivity index (χ1v) is 8.42. The van der Waals surface area contributed by atoms with Crippen molar-refractivity contribution in [3.8, 4) is 5.75 Å². The number of ether oxygens (including phenoxy) is 1. The van der Waals surface area contributed by atoms with Crippen molar-refractivity contribution in [2.24, 2.45) is 5.92 Å². The van der Waals surface area contributed by atoms with Crippen molar-refractivity contribution in [2.75, 3.05) is 5.33 Å². The summed E-state index contributed by atoms with van der Waals surface area (Å²) in [7, 11) is 0. The highest BCUT2D eigenvalue weighted by Crippen LogP contribution is 2.61. The Morgan fingerprint density at radius 3 is 2.83 bits per heavy atom. The minimum Gasteiger partial charge on any atom is -0.485 e. The number of halogens is 2. The topological polar surface area (TPSA) is 9.23 Å². The van der Waals surface area contributed by atoms with Gasteiger partial charge >= 0.3 is 0 Å². The molecule has 1 aromatic carbocycles. The normalized spacial score (nSPS) is 37.3. The zero-order valence-electron chi connectivity index (χ0n) is 11.0. The summed E-state index contributed by atoms with van der Waals surface area (Å²) in [5, 5.41) is 0.906. The molecule has 1 aliphatic carbocycles. The second-order valence-electron chi connectivity index (χ2n) is 5.99. The van der Waals surface area contributed by atoms with Gasteiger partial charge in [-0.2, -0.15) is 0 Å². The van der Waals surface area contributed by atoms with Crippen LogP contribution in [0.25, 0.3) is 0 Å². The van der Waals surface area contributed by atoms with E-state index in [1.165, 1.54) is 28.4 Å². The Bertz CT molecular complexity index is 513. The molecule has 3 rings (SSSR count). The highest BCUT2D eigenvalue weighted by Gasteiger charge is 2.63. The van der Waals surface area contributed by atoms with Crippen LogP contribution < -0.4 is 4.74 Å². The molecular weight excluding hydrogens is 356 g/mol. The molecule has 0 saturated heterocycles. The van der Waals surface area contributed by atoms with Crippen molar-refractivity contribution in [3.63, 3.8) is 0 Å². The van der Waals surface area contributed by atoms with Gasteiger partial charge in [-0.3, -0.25) is 0 Å². The quantitative estimate of drug-likeness (QED) is 0.631. The summed E-state index contributed by atoms with van der Waals surface area (Å²) in [5.74, 6) is 1.68. The number of alkyl halides is 1. The monoisotopic (exact) mass is 372 g/mol. The zero-order valence-corrected chi connectivity index (χ0v) is 14.2. The van der Waals surface area contributed by atoms with Gasteiger partial charge < -0.3 is 4.74 Å². The van der Waals surface area contributed by atoms with Gasteiger partial charge in [0.05, 0.1) is 0 Å². The van der Waals surface area contributed by atoms with Crippen LogP contribution in [-0.4, -0.2) is 10.9 Å². The van der Waals surface area contributed by atoms with Gasteiger partial charge in [-0.15, -0.1) is 0 Å². The standard InChI is InChI=1S/C15H18Br2O/c1-9-6-13-11(7-12(9)17)14(3)5-4-10(2)15(14,8-16)18-13/h6-7,10H,4-5,8H2,1-3H3. The van der Waals surface area contributed by atoms with Crippen LogP contribution in [0.3, 0.4) is 0 Å². The van der Waals surface area contributed by atoms with Crippen molar-refractivity contribution in [1.29, 1.82) is 0 Å². The third-order valence-electron chi connectivity index (χ3n) is 5.15. The van der Waals surface area contributed by atoms with E-state index >= 15 is 0 Å². The highest BCUT2D eigenvalue weighted by atomic mass is 79.9. The maximum absolute atomic E-state index is 6.45. The van der Waals surface area contributed by atoms with Crippen molar-refractivity contribution in [2.45, 2.75) is 44.6 Å². The van der Waals surface area contributed by atoms with Crippen LogP contribution >= 0.6 is 31.9 Å². The molecule has 0 spiro atoms. The van der Waals surface area contributed by atoms with E-state index < -0.39 is 0 Å². The molecule has 3 heteroatoms. The molecule has 1 aromatic rings. The van der Waals surface area contributed by atoms with Gasteiger partial charge in [0.1, 0.15) is 11.4 Å². The largest absolute Gasteiger partial charge is 0.485 e. The van der Waals surface area contributed by atoms with Crippen LogP contribution in [-0.2, 0) is 5.41 Å². The third kappa shape index (κ3) is 1.38. The SMILES string of the molecule is Cc1cc2c(cc1Br)C1(C)CCC(C)C1(CBr)O2. The van der Waals surface area contributed by atoms with Crippen LogP contribution in [0.5, 0.6) is 5.75 Å². The zero-order chi connectivity index (χ0) is 13.1. The fourth-order valence-electron chi connectivity index (χ4n) is 3.74. The molecule has 0 amide bonds. The molecule has 1 saturated carbocycles. The lowest BCUT2D eigenvalue weighted by molar-refractivity contribution is 0.0369. The van der Waals surface area contributed by atoms with Gasteiger partial charge in [0.25, 0.3) is 0 Å². The second kappa shape index (κ2) is 3.99. The van der Waals surface area contributed by atoms with Crippen molar-refractivity contribution >= 4 is 31.9 Å². The molecule has 1 aliphatic heterocycles. The highest BCUT2D eigenvalue weighted by molar-refractivity contribution is 9.10. The Hall–Kier alpha value is -0.0200. The summed E-state index contributed by atoms with van der Waals surface area (Å²) >= 11 is 7.37. The van der Waals surface area contributed by atoms with Crippen LogP contribution in [0, 0.1) is 12.8 Å². The van der Waals surface area contributed by atoms with Gasteiger partial charge in [0, 0.05) is 20.8 Å². The summed E-state index contributed by atoms with van der Waals surface area (Å²) < 4.78 is 7.64. The van der Waals surface area contributed by atoms with Crippen molar-refractivity contribution < 1.29 is 4.74 Å². The van der Waals surface area contributed by atoms with Crippen LogP contribution in [0.15, 0.2) is 16.6 Å². The summed E-state index contributed by atoms with van der Waals surface area (Å²) in [6, 6.07) is 4.45. The molecule has 3 atom stereocenters. The number of benzene rings is 1.